The van der Waals surface area contributed by atoms with Crippen molar-refractivity contribution in [3.63, 3.8) is 0 Å². The molecule has 6 heteroatoms. The standard InChI is InChI=1S/C12H20O6/c1-8(2)17-18-12(14)10(4-9(3)13)5-15-6-11-7-16-11/h5,8-9,11,13H,4,6-7H2,1-3H3. The minimum absolute atomic E-state index is 0.108. The smallest absolute Gasteiger partial charge is 0.372 e. The number of carbonyl (C=O) groups is 1. The number of rotatable bonds is 8. The minimum atomic E-state index is -0.663. The second-order valence-corrected chi connectivity index (χ2v) is 4.50. The lowest BCUT2D eigenvalue weighted by Gasteiger charge is -2.10. The van der Waals surface area contributed by atoms with E-state index in [-0.39, 0.29) is 24.2 Å². The lowest BCUT2D eigenvalue weighted by Crippen LogP contribution is -2.16. The molecule has 0 radical (unpaired) electrons. The SMILES string of the molecule is CC(O)CC(=COCC1CO1)C(=O)OOC(C)C. The maximum absolute atomic E-state index is 11.6. The van der Waals surface area contributed by atoms with E-state index in [4.69, 9.17) is 14.4 Å². The van der Waals surface area contributed by atoms with Gasteiger partial charge >= 0.3 is 5.97 Å². The number of hydrogen-bond donors (Lipinski definition) is 1. The van der Waals surface area contributed by atoms with Crippen LogP contribution in [0.4, 0.5) is 0 Å². The van der Waals surface area contributed by atoms with Gasteiger partial charge in [-0.1, -0.05) is 0 Å². The summed E-state index contributed by atoms with van der Waals surface area (Å²) in [5, 5.41) is 9.30. The predicted molar refractivity (Wildman–Crippen MR) is 62.4 cm³/mol. The minimum Gasteiger partial charge on any atom is -0.498 e. The molecule has 0 aliphatic carbocycles. The summed E-state index contributed by atoms with van der Waals surface area (Å²) in [7, 11) is 0. The van der Waals surface area contributed by atoms with Crippen molar-refractivity contribution in [2.45, 2.75) is 45.5 Å². The van der Waals surface area contributed by atoms with Crippen molar-refractivity contribution in [1.82, 2.24) is 0 Å². The van der Waals surface area contributed by atoms with Crippen LogP contribution in [0.1, 0.15) is 27.2 Å². The molecule has 0 bridgehead atoms. The zero-order valence-electron chi connectivity index (χ0n) is 10.9. The van der Waals surface area contributed by atoms with Gasteiger partial charge in [-0.2, -0.15) is 4.89 Å². The maximum Gasteiger partial charge on any atom is 0.372 e. The fraction of sp³-hybridized carbons (Fsp3) is 0.750. The molecule has 0 amide bonds. The van der Waals surface area contributed by atoms with Crippen LogP contribution in [0.2, 0.25) is 0 Å². The lowest BCUT2D eigenvalue weighted by atomic mass is 10.1. The average molecular weight is 260 g/mol. The molecule has 18 heavy (non-hydrogen) atoms. The van der Waals surface area contributed by atoms with Gasteiger partial charge in [-0.05, 0) is 20.8 Å². The summed E-state index contributed by atoms with van der Waals surface area (Å²) in [5.41, 5.74) is 0.228. The van der Waals surface area contributed by atoms with E-state index in [2.05, 4.69) is 4.89 Å². The van der Waals surface area contributed by atoms with E-state index in [0.29, 0.717) is 13.2 Å². The van der Waals surface area contributed by atoms with E-state index < -0.39 is 12.1 Å². The van der Waals surface area contributed by atoms with Crippen LogP contribution in [-0.2, 0) is 24.0 Å². The molecule has 1 N–H and O–H groups in total. The lowest BCUT2D eigenvalue weighted by molar-refractivity contribution is -0.288. The highest BCUT2D eigenvalue weighted by atomic mass is 17.2. The van der Waals surface area contributed by atoms with Gasteiger partial charge in [0.1, 0.15) is 12.7 Å². The molecule has 1 aliphatic heterocycles. The maximum atomic E-state index is 11.6. The van der Waals surface area contributed by atoms with Crippen LogP contribution in [0.3, 0.4) is 0 Å². The van der Waals surface area contributed by atoms with Gasteiger partial charge < -0.3 is 14.6 Å². The average Bonchev–Trinajstić information content (AvgIpc) is 3.07. The molecule has 6 nitrogen and oxygen atoms in total. The van der Waals surface area contributed by atoms with Crippen molar-refractivity contribution in [2.24, 2.45) is 0 Å². The molecule has 0 aromatic heterocycles. The molecule has 0 spiro atoms. The normalized spacial score (nSPS) is 20.7. The Morgan fingerprint density at radius 3 is 2.67 bits per heavy atom. The number of aliphatic hydroxyl groups is 1. The van der Waals surface area contributed by atoms with Gasteiger partial charge in [-0.15, -0.1) is 0 Å². The van der Waals surface area contributed by atoms with Gasteiger partial charge in [0.05, 0.1) is 30.6 Å². The van der Waals surface area contributed by atoms with Crippen LogP contribution < -0.4 is 0 Å². The number of ether oxygens (including phenoxy) is 2. The summed E-state index contributed by atoms with van der Waals surface area (Å²) in [4.78, 5) is 21.0. The first-order chi connectivity index (χ1) is 8.49. The van der Waals surface area contributed by atoms with Crippen LogP contribution in [-0.4, -0.2) is 42.6 Å². The van der Waals surface area contributed by atoms with Crippen molar-refractivity contribution in [3.8, 4) is 0 Å². The van der Waals surface area contributed by atoms with E-state index in [1.165, 1.54) is 6.26 Å². The zero-order chi connectivity index (χ0) is 13.5. The largest absolute Gasteiger partial charge is 0.498 e. The molecule has 2 atom stereocenters. The molecular formula is C12H20O6. The zero-order valence-corrected chi connectivity index (χ0v) is 10.9. The number of hydrogen-bond acceptors (Lipinski definition) is 6. The Kier molecular flexibility index (Phi) is 6.11. The first-order valence-corrected chi connectivity index (χ1v) is 5.97. The summed E-state index contributed by atoms with van der Waals surface area (Å²) in [6, 6.07) is 0. The highest BCUT2D eigenvalue weighted by Crippen LogP contribution is 2.12. The third-order valence-electron chi connectivity index (χ3n) is 2.00. The Morgan fingerprint density at radius 1 is 1.50 bits per heavy atom. The topological polar surface area (TPSA) is 77.5 Å². The summed E-state index contributed by atoms with van der Waals surface area (Å²) in [6.07, 6.45) is 0.662. The summed E-state index contributed by atoms with van der Waals surface area (Å²) >= 11 is 0. The highest BCUT2D eigenvalue weighted by Gasteiger charge is 2.23. The quantitative estimate of drug-likeness (QED) is 0.230. The van der Waals surface area contributed by atoms with Crippen molar-refractivity contribution >= 4 is 5.97 Å². The van der Waals surface area contributed by atoms with Gasteiger partial charge in [0.25, 0.3) is 0 Å². The third kappa shape index (κ3) is 6.58. The van der Waals surface area contributed by atoms with E-state index in [0.717, 1.165) is 0 Å². The molecule has 1 fully saturated rings. The first-order valence-electron chi connectivity index (χ1n) is 5.97. The molecule has 1 aliphatic rings. The van der Waals surface area contributed by atoms with E-state index in [1.807, 2.05) is 0 Å². The fourth-order valence-corrected chi connectivity index (χ4v) is 1.11. The van der Waals surface area contributed by atoms with Crippen molar-refractivity contribution in [1.29, 1.82) is 0 Å². The summed E-state index contributed by atoms with van der Waals surface area (Å²) in [6.45, 7) is 6.13. The van der Waals surface area contributed by atoms with Crippen LogP contribution in [0.5, 0.6) is 0 Å². The monoisotopic (exact) mass is 260 g/mol. The van der Waals surface area contributed by atoms with Crippen LogP contribution in [0.15, 0.2) is 11.8 Å². The Bertz CT molecular complexity index is 293. The fourth-order valence-electron chi connectivity index (χ4n) is 1.11. The first kappa shape index (κ1) is 14.9. The predicted octanol–water partition coefficient (Wildman–Crippen LogP) is 0.940. The molecule has 0 aromatic carbocycles. The van der Waals surface area contributed by atoms with Crippen LogP contribution in [0, 0.1) is 0 Å². The van der Waals surface area contributed by atoms with E-state index in [1.54, 1.807) is 20.8 Å². The molecule has 1 rings (SSSR count). The van der Waals surface area contributed by atoms with Gasteiger partial charge in [-0.25, -0.2) is 4.79 Å². The molecular weight excluding hydrogens is 240 g/mol. The number of carbonyl (C=O) groups excluding carboxylic acids is 1. The number of aliphatic hydroxyl groups excluding tert-OH is 1. The Morgan fingerprint density at radius 2 is 2.17 bits per heavy atom. The molecule has 1 saturated heterocycles. The second kappa shape index (κ2) is 7.35. The van der Waals surface area contributed by atoms with E-state index >= 15 is 0 Å². The summed E-state index contributed by atoms with van der Waals surface area (Å²) in [5.74, 6) is -0.652. The Balaban J connectivity index is 2.43. The molecule has 2 unspecified atom stereocenters. The molecule has 1 heterocycles. The van der Waals surface area contributed by atoms with Gasteiger partial charge in [-0.3, -0.25) is 4.89 Å². The Hall–Kier alpha value is -1.11. The highest BCUT2D eigenvalue weighted by molar-refractivity contribution is 5.87. The van der Waals surface area contributed by atoms with Gasteiger partial charge in [0.2, 0.25) is 0 Å². The molecule has 0 saturated carbocycles. The van der Waals surface area contributed by atoms with E-state index in [9.17, 15) is 9.90 Å². The van der Waals surface area contributed by atoms with Crippen LogP contribution in [0.25, 0.3) is 0 Å². The second-order valence-electron chi connectivity index (χ2n) is 4.50. The van der Waals surface area contributed by atoms with Gasteiger partial charge in [0, 0.05) is 6.42 Å². The van der Waals surface area contributed by atoms with Crippen molar-refractivity contribution in [3.05, 3.63) is 11.8 Å². The summed E-state index contributed by atoms with van der Waals surface area (Å²) < 4.78 is 10.2. The van der Waals surface area contributed by atoms with Gasteiger partial charge in [0.15, 0.2) is 0 Å². The molecule has 104 valence electrons. The third-order valence-corrected chi connectivity index (χ3v) is 2.00. The van der Waals surface area contributed by atoms with Crippen LogP contribution >= 0.6 is 0 Å². The molecule has 0 aromatic rings. The van der Waals surface area contributed by atoms with Crippen molar-refractivity contribution < 1.29 is 29.1 Å². The van der Waals surface area contributed by atoms with Crippen molar-refractivity contribution in [2.75, 3.05) is 13.2 Å². The Labute approximate surface area is 106 Å². The number of epoxide rings is 1.